The van der Waals surface area contributed by atoms with Crippen LogP contribution in [0.3, 0.4) is 0 Å². The zero-order valence-corrected chi connectivity index (χ0v) is 17.8. The molecule has 0 radical (unpaired) electrons. The maximum Gasteiger partial charge on any atom is 0.273 e. The highest BCUT2D eigenvalue weighted by atomic mass is 16.5. The molecule has 0 saturated carbocycles. The van der Waals surface area contributed by atoms with E-state index in [0.717, 1.165) is 44.0 Å². The van der Waals surface area contributed by atoms with E-state index in [-0.39, 0.29) is 5.91 Å². The lowest BCUT2D eigenvalue weighted by molar-refractivity contribution is 0.0945. The van der Waals surface area contributed by atoms with Crippen molar-refractivity contribution < 1.29 is 13.9 Å². The number of ether oxygens (including phenoxy) is 1. The van der Waals surface area contributed by atoms with Crippen molar-refractivity contribution >= 4 is 5.91 Å². The third kappa shape index (κ3) is 5.71. The van der Waals surface area contributed by atoms with Gasteiger partial charge in [0.2, 0.25) is 5.89 Å². The number of nitrogens with one attached hydrogen (secondary N) is 1. The second-order valence-corrected chi connectivity index (χ2v) is 7.66. The van der Waals surface area contributed by atoms with Gasteiger partial charge in [0.1, 0.15) is 12.0 Å². The van der Waals surface area contributed by atoms with Crippen molar-refractivity contribution in [1.29, 1.82) is 0 Å². The maximum absolute atomic E-state index is 12.3. The first-order valence-electron chi connectivity index (χ1n) is 10.5. The van der Waals surface area contributed by atoms with Gasteiger partial charge in [0.25, 0.3) is 5.91 Å². The van der Waals surface area contributed by atoms with Crippen LogP contribution in [0.15, 0.2) is 65.3 Å². The lowest BCUT2D eigenvalue weighted by Gasteiger charge is -2.34. The molecule has 0 spiro atoms. The van der Waals surface area contributed by atoms with Crippen molar-refractivity contribution in [2.24, 2.45) is 0 Å². The molecule has 162 valence electrons. The summed E-state index contributed by atoms with van der Waals surface area (Å²) in [5.74, 6) is 1.28. The smallest absolute Gasteiger partial charge is 0.273 e. The molecule has 1 fully saturated rings. The number of amides is 1. The highest BCUT2D eigenvalue weighted by molar-refractivity contribution is 5.91. The van der Waals surface area contributed by atoms with Gasteiger partial charge in [-0.15, -0.1) is 0 Å². The van der Waals surface area contributed by atoms with Gasteiger partial charge in [-0.25, -0.2) is 4.98 Å². The fraction of sp³-hybridized carbons (Fsp3) is 0.333. The number of piperazine rings is 1. The Morgan fingerprint density at radius 1 is 1.00 bits per heavy atom. The van der Waals surface area contributed by atoms with Crippen molar-refractivity contribution in [2.75, 3.05) is 33.3 Å². The van der Waals surface area contributed by atoms with Gasteiger partial charge in [0, 0.05) is 44.8 Å². The molecule has 31 heavy (non-hydrogen) atoms. The van der Waals surface area contributed by atoms with Gasteiger partial charge in [0.05, 0.1) is 13.7 Å². The first-order valence-corrected chi connectivity index (χ1v) is 10.5. The van der Waals surface area contributed by atoms with Gasteiger partial charge in [-0.2, -0.15) is 0 Å². The summed E-state index contributed by atoms with van der Waals surface area (Å²) < 4.78 is 11.0. The molecule has 2 heterocycles. The summed E-state index contributed by atoms with van der Waals surface area (Å²) in [5, 5.41) is 2.88. The van der Waals surface area contributed by atoms with Crippen molar-refractivity contribution in [1.82, 2.24) is 20.1 Å². The lowest BCUT2D eigenvalue weighted by Crippen LogP contribution is -2.45. The molecule has 7 nitrogen and oxygen atoms in total. The number of carbonyl (C=O) groups excluding carboxylic acids is 1. The zero-order valence-electron chi connectivity index (χ0n) is 17.8. The fourth-order valence-electron chi connectivity index (χ4n) is 3.73. The molecule has 4 rings (SSSR count). The molecule has 2 aromatic carbocycles. The maximum atomic E-state index is 12.3. The highest BCUT2D eigenvalue weighted by Gasteiger charge is 2.20. The average Bonchev–Trinajstić information content (AvgIpc) is 3.28. The SMILES string of the molecule is COc1ccccc1CN1CCN(Cc2nc(C(=O)NCc3ccccc3)co2)CC1. The molecule has 1 aromatic heterocycles. The van der Waals surface area contributed by atoms with E-state index in [1.807, 2.05) is 48.5 Å². The number of methoxy groups -OCH3 is 1. The summed E-state index contributed by atoms with van der Waals surface area (Å²) in [6.45, 7) is 5.72. The van der Waals surface area contributed by atoms with E-state index in [1.54, 1.807) is 7.11 Å². The molecule has 1 saturated heterocycles. The van der Waals surface area contributed by atoms with E-state index in [4.69, 9.17) is 9.15 Å². The number of para-hydroxylation sites is 1. The van der Waals surface area contributed by atoms with E-state index in [0.29, 0.717) is 24.7 Å². The third-order valence-corrected chi connectivity index (χ3v) is 5.49. The minimum atomic E-state index is -0.222. The van der Waals surface area contributed by atoms with Crippen LogP contribution in [0.5, 0.6) is 5.75 Å². The van der Waals surface area contributed by atoms with Gasteiger partial charge < -0.3 is 14.5 Å². The highest BCUT2D eigenvalue weighted by Crippen LogP contribution is 2.20. The molecule has 1 aliphatic rings. The van der Waals surface area contributed by atoms with Crippen molar-refractivity contribution in [3.05, 3.63) is 83.6 Å². The van der Waals surface area contributed by atoms with Crippen molar-refractivity contribution in [3.8, 4) is 5.75 Å². The first kappa shape index (κ1) is 21.1. The molecular formula is C24H28N4O3. The Labute approximate surface area is 182 Å². The molecule has 0 bridgehead atoms. The van der Waals surface area contributed by atoms with Gasteiger partial charge in [-0.1, -0.05) is 48.5 Å². The average molecular weight is 421 g/mol. The van der Waals surface area contributed by atoms with Crippen LogP contribution in [0.4, 0.5) is 0 Å². The number of carbonyl (C=O) groups is 1. The van der Waals surface area contributed by atoms with Crippen LogP contribution in [0.1, 0.15) is 27.5 Å². The normalized spacial score (nSPS) is 15.0. The van der Waals surface area contributed by atoms with E-state index < -0.39 is 0 Å². The Kier molecular flexibility index (Phi) is 6.96. The Morgan fingerprint density at radius 3 is 2.42 bits per heavy atom. The molecule has 1 amide bonds. The zero-order chi connectivity index (χ0) is 21.5. The molecule has 0 atom stereocenters. The molecule has 3 aromatic rings. The summed E-state index contributed by atoms with van der Waals surface area (Å²) >= 11 is 0. The number of hydrogen-bond donors (Lipinski definition) is 1. The molecule has 1 N–H and O–H groups in total. The fourth-order valence-corrected chi connectivity index (χ4v) is 3.73. The topological polar surface area (TPSA) is 70.8 Å². The number of aromatic nitrogens is 1. The Hall–Kier alpha value is -3.16. The van der Waals surface area contributed by atoms with E-state index in [2.05, 4.69) is 26.2 Å². The Bertz CT molecular complexity index is 981. The van der Waals surface area contributed by atoms with Crippen LogP contribution in [-0.2, 0) is 19.6 Å². The summed E-state index contributed by atoms with van der Waals surface area (Å²) in [6, 6.07) is 18.0. The monoisotopic (exact) mass is 420 g/mol. The lowest BCUT2D eigenvalue weighted by atomic mass is 10.1. The van der Waals surface area contributed by atoms with Gasteiger partial charge >= 0.3 is 0 Å². The van der Waals surface area contributed by atoms with Crippen LogP contribution >= 0.6 is 0 Å². The quantitative estimate of drug-likeness (QED) is 0.604. The molecule has 1 aliphatic heterocycles. The Balaban J connectivity index is 1.24. The Morgan fingerprint density at radius 2 is 1.68 bits per heavy atom. The number of rotatable bonds is 8. The molecule has 0 aliphatic carbocycles. The van der Waals surface area contributed by atoms with Crippen molar-refractivity contribution in [2.45, 2.75) is 19.6 Å². The predicted molar refractivity (Wildman–Crippen MR) is 118 cm³/mol. The molecule has 7 heteroatoms. The van der Waals surface area contributed by atoms with Gasteiger partial charge in [-0.05, 0) is 11.6 Å². The van der Waals surface area contributed by atoms with Crippen molar-refractivity contribution in [3.63, 3.8) is 0 Å². The van der Waals surface area contributed by atoms with E-state index in [1.165, 1.54) is 11.8 Å². The summed E-state index contributed by atoms with van der Waals surface area (Å²) in [5.41, 5.74) is 2.57. The largest absolute Gasteiger partial charge is 0.496 e. The second-order valence-electron chi connectivity index (χ2n) is 7.66. The number of nitrogens with zero attached hydrogens (tertiary/aromatic N) is 3. The predicted octanol–water partition coefficient (Wildman–Crippen LogP) is 2.93. The van der Waals surface area contributed by atoms with Crippen LogP contribution in [0, 0.1) is 0 Å². The van der Waals surface area contributed by atoms with Crippen LogP contribution in [-0.4, -0.2) is 54.0 Å². The van der Waals surface area contributed by atoms with Crippen LogP contribution in [0.25, 0.3) is 0 Å². The van der Waals surface area contributed by atoms with Crippen LogP contribution < -0.4 is 10.1 Å². The summed E-state index contributed by atoms with van der Waals surface area (Å²) in [4.78, 5) is 21.4. The van der Waals surface area contributed by atoms with E-state index in [9.17, 15) is 4.79 Å². The second kappa shape index (κ2) is 10.2. The number of benzene rings is 2. The minimum Gasteiger partial charge on any atom is -0.496 e. The molecule has 0 unspecified atom stereocenters. The standard InChI is InChI=1S/C24H28N4O3/c1-30-22-10-6-5-9-20(22)16-27-11-13-28(14-12-27)17-23-26-21(18-31-23)24(29)25-15-19-7-3-2-4-8-19/h2-10,18H,11-17H2,1H3,(H,25,29). The van der Waals surface area contributed by atoms with Gasteiger partial charge in [-0.3, -0.25) is 14.6 Å². The van der Waals surface area contributed by atoms with E-state index >= 15 is 0 Å². The third-order valence-electron chi connectivity index (χ3n) is 5.49. The summed E-state index contributed by atoms with van der Waals surface area (Å²) in [7, 11) is 1.71. The number of hydrogen-bond acceptors (Lipinski definition) is 6. The summed E-state index contributed by atoms with van der Waals surface area (Å²) in [6.07, 6.45) is 1.44. The number of oxazole rings is 1. The van der Waals surface area contributed by atoms with Crippen LogP contribution in [0.2, 0.25) is 0 Å². The van der Waals surface area contributed by atoms with Gasteiger partial charge in [0.15, 0.2) is 5.69 Å². The minimum absolute atomic E-state index is 0.222. The molecular weight excluding hydrogens is 392 g/mol. The first-order chi connectivity index (χ1) is 15.2.